The number of rotatable bonds is 9. The van der Waals surface area contributed by atoms with E-state index >= 15 is 0 Å². The number of imidazole rings is 1. The van der Waals surface area contributed by atoms with E-state index < -0.39 is 0 Å². The zero-order chi connectivity index (χ0) is 25.9. The Hall–Kier alpha value is -3.06. The van der Waals surface area contributed by atoms with Crippen molar-refractivity contribution in [1.82, 2.24) is 19.4 Å². The maximum Gasteiger partial charge on any atom is 0.157 e. The minimum absolute atomic E-state index is 0. The summed E-state index contributed by atoms with van der Waals surface area (Å²) >= 11 is 1.79. The third kappa shape index (κ3) is 5.79. The molecule has 0 radical (unpaired) electrons. The van der Waals surface area contributed by atoms with Gasteiger partial charge in [0.1, 0.15) is 11.9 Å². The van der Waals surface area contributed by atoms with Crippen LogP contribution in [0.3, 0.4) is 0 Å². The van der Waals surface area contributed by atoms with Crippen molar-refractivity contribution in [2.75, 3.05) is 13.1 Å². The van der Waals surface area contributed by atoms with Crippen LogP contribution >= 0.6 is 23.7 Å². The van der Waals surface area contributed by atoms with Gasteiger partial charge in [-0.3, -0.25) is 0 Å². The third-order valence-electron chi connectivity index (χ3n) is 7.71. The molecule has 2 aromatic carbocycles. The summed E-state index contributed by atoms with van der Waals surface area (Å²) in [4.78, 5) is 5.28. The zero-order valence-corrected chi connectivity index (χ0v) is 24.4. The third-order valence-corrected chi connectivity index (χ3v) is 8.56. The van der Waals surface area contributed by atoms with Crippen LogP contribution in [0, 0.1) is 0 Å². The van der Waals surface area contributed by atoms with Crippen LogP contribution in [0.4, 0.5) is 0 Å². The summed E-state index contributed by atoms with van der Waals surface area (Å²) in [5, 5.41) is 5.56. The first-order valence-corrected chi connectivity index (χ1v) is 14.7. The van der Waals surface area contributed by atoms with Crippen molar-refractivity contribution in [2.24, 2.45) is 7.05 Å². The van der Waals surface area contributed by atoms with Crippen molar-refractivity contribution in [3.63, 3.8) is 0 Å². The van der Waals surface area contributed by atoms with Crippen LogP contribution in [-0.2, 0) is 26.4 Å². The highest BCUT2D eigenvalue weighted by atomic mass is 35.5. The molecule has 204 valence electrons. The summed E-state index contributed by atoms with van der Waals surface area (Å²) < 4.78 is 12.3. The van der Waals surface area contributed by atoms with E-state index in [0.717, 1.165) is 69.0 Å². The van der Waals surface area contributed by atoms with Gasteiger partial charge in [-0.2, -0.15) is 0 Å². The molecule has 0 unspecified atom stereocenters. The predicted octanol–water partition coefficient (Wildman–Crippen LogP) is 7.52. The molecule has 1 fully saturated rings. The van der Waals surface area contributed by atoms with E-state index in [4.69, 9.17) is 9.72 Å². The van der Waals surface area contributed by atoms with Crippen molar-refractivity contribution in [1.29, 1.82) is 0 Å². The standard InChI is InChI=1S/C32H36N4OS.ClH/c1-3-27-31(24-9-5-4-6-10-24)34-32(29-22-30-28(35(29)2)17-21-38-30)36(27)20-7-8-23-11-13-25(14-12-23)37-26-15-18-33-19-16-26;/h4-6,9-14,17,21-22,26,33H,3,7-8,15-16,18-20H2,1-2H3;1H. The highest BCUT2D eigenvalue weighted by molar-refractivity contribution is 7.17. The lowest BCUT2D eigenvalue weighted by Crippen LogP contribution is -2.34. The van der Waals surface area contributed by atoms with Gasteiger partial charge in [0.05, 0.1) is 21.6 Å². The minimum atomic E-state index is 0. The number of fused-ring (bicyclic) bond motifs is 1. The summed E-state index contributed by atoms with van der Waals surface area (Å²) in [5.74, 6) is 2.05. The lowest BCUT2D eigenvalue weighted by atomic mass is 10.1. The molecule has 7 heteroatoms. The maximum absolute atomic E-state index is 6.20. The van der Waals surface area contributed by atoms with Gasteiger partial charge in [0.2, 0.25) is 0 Å². The molecule has 0 bridgehead atoms. The number of hydrogen-bond acceptors (Lipinski definition) is 4. The number of piperidine rings is 1. The largest absolute Gasteiger partial charge is 0.490 e. The molecule has 4 heterocycles. The highest BCUT2D eigenvalue weighted by Crippen LogP contribution is 2.34. The number of nitrogens with one attached hydrogen (secondary N) is 1. The second-order valence-corrected chi connectivity index (χ2v) is 11.1. The Morgan fingerprint density at radius 2 is 1.79 bits per heavy atom. The van der Waals surface area contributed by atoms with Crippen LogP contribution in [-0.4, -0.2) is 33.3 Å². The first-order chi connectivity index (χ1) is 18.7. The van der Waals surface area contributed by atoms with E-state index in [0.29, 0.717) is 6.10 Å². The highest BCUT2D eigenvalue weighted by Gasteiger charge is 2.21. The summed E-state index contributed by atoms with van der Waals surface area (Å²) in [6, 6.07) is 23.9. The molecule has 1 aliphatic rings. The van der Waals surface area contributed by atoms with Gasteiger partial charge in [-0.1, -0.05) is 49.4 Å². The number of hydrogen-bond donors (Lipinski definition) is 1. The molecule has 1 saturated heterocycles. The molecule has 0 amide bonds. The molecular weight excluding hydrogens is 524 g/mol. The van der Waals surface area contributed by atoms with E-state index in [1.54, 1.807) is 11.3 Å². The number of thiophene rings is 1. The van der Waals surface area contributed by atoms with Crippen molar-refractivity contribution in [2.45, 2.75) is 51.7 Å². The van der Waals surface area contributed by atoms with Crippen LogP contribution in [0.15, 0.2) is 72.1 Å². The van der Waals surface area contributed by atoms with Gasteiger partial charge in [0.25, 0.3) is 0 Å². The Labute approximate surface area is 241 Å². The average molecular weight is 561 g/mol. The summed E-state index contributed by atoms with van der Waals surface area (Å²) in [6.45, 7) is 5.27. The SMILES string of the molecule is CCc1c(-c2ccccc2)nc(-c2cc3sccc3n2C)n1CCCc1ccc(OC2CCNCC2)cc1.Cl. The van der Waals surface area contributed by atoms with Crippen LogP contribution < -0.4 is 10.1 Å². The molecule has 0 atom stereocenters. The van der Waals surface area contributed by atoms with Crippen LogP contribution in [0.2, 0.25) is 0 Å². The Morgan fingerprint density at radius 3 is 2.51 bits per heavy atom. The second kappa shape index (κ2) is 12.4. The van der Waals surface area contributed by atoms with Gasteiger partial charge in [-0.05, 0) is 80.4 Å². The number of nitrogens with zero attached hydrogens (tertiary/aromatic N) is 3. The molecule has 39 heavy (non-hydrogen) atoms. The monoisotopic (exact) mass is 560 g/mol. The van der Waals surface area contributed by atoms with Crippen molar-refractivity contribution < 1.29 is 4.74 Å². The van der Waals surface area contributed by atoms with Gasteiger partial charge in [-0.25, -0.2) is 4.98 Å². The zero-order valence-electron chi connectivity index (χ0n) is 22.7. The molecule has 0 aliphatic carbocycles. The Kier molecular flexibility index (Phi) is 8.75. The van der Waals surface area contributed by atoms with E-state index in [1.807, 2.05) is 0 Å². The second-order valence-electron chi connectivity index (χ2n) is 10.2. The lowest BCUT2D eigenvalue weighted by molar-refractivity contribution is 0.162. The van der Waals surface area contributed by atoms with Gasteiger partial charge >= 0.3 is 0 Å². The minimum Gasteiger partial charge on any atom is -0.490 e. The number of ether oxygens (including phenoxy) is 1. The van der Waals surface area contributed by atoms with Crippen molar-refractivity contribution in [3.05, 3.63) is 83.4 Å². The molecular formula is C32H37ClN4OS. The average Bonchev–Trinajstić information content (AvgIpc) is 3.65. The number of aromatic nitrogens is 3. The molecule has 5 aromatic rings. The number of aryl methyl sites for hydroxylation is 2. The predicted molar refractivity (Wildman–Crippen MR) is 165 cm³/mol. The van der Waals surface area contributed by atoms with Crippen molar-refractivity contribution >= 4 is 34.0 Å². The fourth-order valence-electron chi connectivity index (χ4n) is 5.65. The number of halogens is 1. The van der Waals surface area contributed by atoms with Gasteiger partial charge < -0.3 is 19.2 Å². The maximum atomic E-state index is 6.20. The van der Waals surface area contributed by atoms with Crippen LogP contribution in [0.25, 0.3) is 33.0 Å². The fraction of sp³-hybridized carbons (Fsp3) is 0.344. The smallest absolute Gasteiger partial charge is 0.157 e. The summed E-state index contributed by atoms with van der Waals surface area (Å²) in [5.41, 5.74) is 7.40. The Balaban J connectivity index is 0.00000308. The van der Waals surface area contributed by atoms with Crippen LogP contribution in [0.1, 0.15) is 37.4 Å². The summed E-state index contributed by atoms with van der Waals surface area (Å²) in [7, 11) is 2.16. The quantitative estimate of drug-likeness (QED) is 0.203. The fourth-order valence-corrected chi connectivity index (χ4v) is 6.50. The Morgan fingerprint density at radius 1 is 1.03 bits per heavy atom. The molecule has 0 saturated carbocycles. The topological polar surface area (TPSA) is 44.0 Å². The molecule has 3 aromatic heterocycles. The molecule has 5 nitrogen and oxygen atoms in total. The molecule has 1 aliphatic heterocycles. The van der Waals surface area contributed by atoms with Crippen molar-refractivity contribution in [3.8, 4) is 28.5 Å². The van der Waals surface area contributed by atoms with E-state index in [-0.39, 0.29) is 12.4 Å². The van der Waals surface area contributed by atoms with Gasteiger partial charge in [0, 0.05) is 24.8 Å². The first-order valence-electron chi connectivity index (χ1n) is 13.9. The molecule has 6 rings (SSSR count). The molecule has 0 spiro atoms. The molecule has 1 N–H and O–H groups in total. The van der Waals surface area contributed by atoms with Gasteiger partial charge in [-0.15, -0.1) is 23.7 Å². The summed E-state index contributed by atoms with van der Waals surface area (Å²) in [6.07, 6.45) is 5.52. The van der Waals surface area contributed by atoms with Crippen LogP contribution in [0.5, 0.6) is 5.75 Å². The van der Waals surface area contributed by atoms with E-state index in [9.17, 15) is 0 Å². The van der Waals surface area contributed by atoms with E-state index in [2.05, 4.69) is 101 Å². The lowest BCUT2D eigenvalue weighted by Gasteiger charge is -2.23. The normalized spacial score (nSPS) is 14.0. The van der Waals surface area contributed by atoms with E-state index in [1.165, 1.54) is 32.7 Å². The van der Waals surface area contributed by atoms with Gasteiger partial charge in [0.15, 0.2) is 5.82 Å². The first kappa shape index (κ1) is 27.5. The number of benzene rings is 2. The Bertz CT molecular complexity index is 1500.